The van der Waals surface area contributed by atoms with E-state index in [1.165, 1.54) is 6.07 Å². The Labute approximate surface area is 139 Å². The predicted octanol–water partition coefficient (Wildman–Crippen LogP) is 4.91. The summed E-state index contributed by atoms with van der Waals surface area (Å²) < 4.78 is 27.4. The van der Waals surface area contributed by atoms with Crippen molar-refractivity contribution in [2.75, 3.05) is 0 Å². The van der Waals surface area contributed by atoms with E-state index in [1.807, 2.05) is 26.0 Å². The van der Waals surface area contributed by atoms with E-state index in [9.17, 15) is 13.6 Å². The van der Waals surface area contributed by atoms with Gasteiger partial charge in [-0.3, -0.25) is 0 Å². The number of carbonyl (C=O) groups is 1. The Balaban J connectivity index is 2.06. The van der Waals surface area contributed by atoms with Crippen LogP contribution < -0.4 is 5.32 Å². The first kappa shape index (κ1) is 16.4. The lowest BCUT2D eigenvalue weighted by Crippen LogP contribution is -2.40. The maximum absolute atomic E-state index is 14.0. The van der Waals surface area contributed by atoms with Gasteiger partial charge in [0.25, 0.3) is 0 Å². The SMILES string of the molecule is CC1(C)CCc2cc(-c3cc(F)ccc3F)ccc2[C@H]1NC(=O)O. The van der Waals surface area contributed by atoms with Crippen LogP contribution in [-0.4, -0.2) is 11.2 Å². The van der Waals surface area contributed by atoms with Gasteiger partial charge >= 0.3 is 6.09 Å². The van der Waals surface area contributed by atoms with Crippen molar-refractivity contribution in [1.29, 1.82) is 0 Å². The number of halogens is 2. The van der Waals surface area contributed by atoms with E-state index in [1.54, 1.807) is 6.07 Å². The van der Waals surface area contributed by atoms with Gasteiger partial charge in [0.15, 0.2) is 0 Å². The van der Waals surface area contributed by atoms with Gasteiger partial charge in [0.2, 0.25) is 0 Å². The van der Waals surface area contributed by atoms with Crippen LogP contribution in [0.15, 0.2) is 36.4 Å². The molecular formula is C19H19F2NO2. The molecule has 3 rings (SSSR count). The fourth-order valence-electron chi connectivity index (χ4n) is 3.41. The van der Waals surface area contributed by atoms with E-state index in [0.29, 0.717) is 5.56 Å². The summed E-state index contributed by atoms with van der Waals surface area (Å²) in [6.45, 7) is 4.05. The number of hydrogen-bond acceptors (Lipinski definition) is 1. The molecule has 2 aromatic carbocycles. The molecule has 1 aliphatic carbocycles. The van der Waals surface area contributed by atoms with Gasteiger partial charge in [-0.05, 0) is 53.1 Å². The lowest BCUT2D eigenvalue weighted by molar-refractivity contribution is 0.161. The maximum atomic E-state index is 14.0. The third-order valence-electron chi connectivity index (χ3n) is 4.78. The first-order valence-corrected chi connectivity index (χ1v) is 7.85. The van der Waals surface area contributed by atoms with Crippen LogP contribution in [0.3, 0.4) is 0 Å². The second kappa shape index (κ2) is 5.89. The molecule has 0 saturated heterocycles. The Hall–Kier alpha value is -2.43. The molecule has 0 radical (unpaired) electrons. The van der Waals surface area contributed by atoms with Crippen molar-refractivity contribution in [3.05, 3.63) is 59.2 Å². The number of benzene rings is 2. The van der Waals surface area contributed by atoms with Gasteiger partial charge in [0, 0.05) is 5.56 Å². The van der Waals surface area contributed by atoms with Crippen molar-refractivity contribution in [2.45, 2.75) is 32.7 Å². The minimum absolute atomic E-state index is 0.211. The molecule has 0 heterocycles. The van der Waals surface area contributed by atoms with Crippen molar-refractivity contribution in [3.63, 3.8) is 0 Å². The maximum Gasteiger partial charge on any atom is 0.405 e. The zero-order valence-electron chi connectivity index (χ0n) is 13.6. The highest BCUT2D eigenvalue weighted by Gasteiger charge is 2.37. The normalized spacial score (nSPS) is 18.8. The first-order chi connectivity index (χ1) is 11.3. The van der Waals surface area contributed by atoms with Crippen LogP contribution in [0.25, 0.3) is 11.1 Å². The van der Waals surface area contributed by atoms with Crippen molar-refractivity contribution < 1.29 is 18.7 Å². The topological polar surface area (TPSA) is 49.3 Å². The molecule has 1 atom stereocenters. The van der Waals surface area contributed by atoms with Crippen LogP contribution >= 0.6 is 0 Å². The van der Waals surface area contributed by atoms with Crippen LogP contribution in [0.1, 0.15) is 37.4 Å². The number of aryl methyl sites for hydroxylation is 1. The highest BCUT2D eigenvalue weighted by atomic mass is 19.1. The Morgan fingerprint density at radius 3 is 2.67 bits per heavy atom. The van der Waals surface area contributed by atoms with Crippen molar-refractivity contribution in [1.82, 2.24) is 5.32 Å². The molecule has 126 valence electrons. The molecule has 3 nitrogen and oxygen atoms in total. The first-order valence-electron chi connectivity index (χ1n) is 7.85. The van der Waals surface area contributed by atoms with Gasteiger partial charge in [-0.25, -0.2) is 13.6 Å². The summed E-state index contributed by atoms with van der Waals surface area (Å²) in [6, 6.07) is 8.42. The number of carboxylic acid groups (broad SMARTS) is 1. The smallest absolute Gasteiger partial charge is 0.405 e. The summed E-state index contributed by atoms with van der Waals surface area (Å²) in [5, 5.41) is 11.7. The molecule has 2 N–H and O–H groups in total. The van der Waals surface area contributed by atoms with Crippen LogP contribution in [0, 0.1) is 17.0 Å². The lowest BCUT2D eigenvalue weighted by atomic mass is 9.70. The molecule has 0 saturated carbocycles. The van der Waals surface area contributed by atoms with Gasteiger partial charge in [-0.15, -0.1) is 0 Å². The molecule has 0 spiro atoms. The average molecular weight is 331 g/mol. The fourth-order valence-corrected chi connectivity index (χ4v) is 3.41. The number of fused-ring (bicyclic) bond motifs is 1. The second-order valence-corrected chi connectivity index (χ2v) is 6.91. The number of amides is 1. The molecule has 5 heteroatoms. The van der Waals surface area contributed by atoms with Gasteiger partial charge in [0.05, 0.1) is 6.04 Å². The third-order valence-corrected chi connectivity index (χ3v) is 4.78. The molecule has 24 heavy (non-hydrogen) atoms. The molecular weight excluding hydrogens is 312 g/mol. The molecule has 1 amide bonds. The van der Waals surface area contributed by atoms with E-state index in [4.69, 9.17) is 5.11 Å². The summed E-state index contributed by atoms with van der Waals surface area (Å²) in [4.78, 5) is 11.1. The van der Waals surface area contributed by atoms with Crippen molar-refractivity contribution in [2.24, 2.45) is 5.41 Å². The van der Waals surface area contributed by atoms with E-state index >= 15 is 0 Å². The van der Waals surface area contributed by atoms with E-state index in [0.717, 1.165) is 36.1 Å². The van der Waals surface area contributed by atoms with Crippen LogP contribution in [0.4, 0.5) is 13.6 Å². The Morgan fingerprint density at radius 1 is 1.21 bits per heavy atom. The molecule has 2 aromatic rings. The van der Waals surface area contributed by atoms with Crippen molar-refractivity contribution in [3.8, 4) is 11.1 Å². The largest absolute Gasteiger partial charge is 0.465 e. The quantitative estimate of drug-likeness (QED) is 0.821. The van der Waals surface area contributed by atoms with Crippen LogP contribution in [-0.2, 0) is 6.42 Å². The Kier molecular flexibility index (Phi) is 4.03. The lowest BCUT2D eigenvalue weighted by Gasteiger charge is -2.40. The highest BCUT2D eigenvalue weighted by molar-refractivity contribution is 5.68. The monoisotopic (exact) mass is 331 g/mol. The summed E-state index contributed by atoms with van der Waals surface area (Å²) in [6.07, 6.45) is 0.506. The molecule has 1 aliphatic rings. The summed E-state index contributed by atoms with van der Waals surface area (Å²) >= 11 is 0. The van der Waals surface area contributed by atoms with E-state index < -0.39 is 17.7 Å². The zero-order valence-corrected chi connectivity index (χ0v) is 13.6. The van der Waals surface area contributed by atoms with E-state index in [2.05, 4.69) is 5.32 Å². The third kappa shape index (κ3) is 2.98. The molecule has 0 fully saturated rings. The summed E-state index contributed by atoms with van der Waals surface area (Å²) in [5.41, 5.74) is 2.46. The van der Waals surface area contributed by atoms with Crippen LogP contribution in [0.5, 0.6) is 0 Å². The highest BCUT2D eigenvalue weighted by Crippen LogP contribution is 2.44. The minimum Gasteiger partial charge on any atom is -0.465 e. The molecule has 0 bridgehead atoms. The fraction of sp³-hybridized carbons (Fsp3) is 0.316. The molecule has 0 unspecified atom stereocenters. The number of rotatable bonds is 2. The standard InChI is InChI=1S/C19H19F2NO2/c1-19(2)8-7-12-9-11(15-10-13(20)4-6-16(15)21)3-5-14(12)17(19)22-18(23)24/h3-6,9-10,17,22H,7-8H2,1-2H3,(H,23,24)/t17-/m1/s1. The van der Waals surface area contributed by atoms with Gasteiger partial charge in [-0.1, -0.05) is 32.0 Å². The number of nitrogens with one attached hydrogen (secondary N) is 1. The second-order valence-electron chi connectivity index (χ2n) is 6.91. The minimum atomic E-state index is -1.07. The zero-order chi connectivity index (χ0) is 17.5. The Morgan fingerprint density at radius 2 is 1.96 bits per heavy atom. The molecule has 0 aromatic heterocycles. The van der Waals surface area contributed by atoms with Gasteiger partial charge < -0.3 is 10.4 Å². The summed E-state index contributed by atoms with van der Waals surface area (Å²) in [7, 11) is 0. The summed E-state index contributed by atoms with van der Waals surface area (Å²) in [5.74, 6) is -0.969. The van der Waals surface area contributed by atoms with Gasteiger partial charge in [0.1, 0.15) is 11.6 Å². The van der Waals surface area contributed by atoms with Gasteiger partial charge in [-0.2, -0.15) is 0 Å². The predicted molar refractivity (Wildman–Crippen MR) is 87.8 cm³/mol. The molecule has 0 aliphatic heterocycles. The van der Waals surface area contributed by atoms with Crippen LogP contribution in [0.2, 0.25) is 0 Å². The van der Waals surface area contributed by atoms with E-state index in [-0.39, 0.29) is 17.0 Å². The van der Waals surface area contributed by atoms with Crippen molar-refractivity contribution >= 4 is 6.09 Å². The number of hydrogen-bond donors (Lipinski definition) is 2. The average Bonchev–Trinajstić information content (AvgIpc) is 2.52. The Bertz CT molecular complexity index is 802.